The molecule has 0 radical (unpaired) electrons. The molecule has 4 nitrogen and oxygen atoms in total. The Labute approximate surface area is 165 Å². The standard InChI is InChI=1S/C23H26FN3O/c24-21-11-5-4-8-19(21)18-22(28)23(26-12-6-7-13-26)27-16-14-25(15-17-27)20-9-2-1-3-10-20/h1-13,22-23,28H,14-18H2. The Balaban J connectivity index is 1.49. The highest BCUT2D eigenvalue weighted by atomic mass is 19.1. The monoisotopic (exact) mass is 379 g/mol. The van der Waals surface area contributed by atoms with Gasteiger partial charge in [-0.15, -0.1) is 0 Å². The molecule has 1 aliphatic heterocycles. The number of nitrogens with zero attached hydrogens (tertiary/aromatic N) is 3. The van der Waals surface area contributed by atoms with Crippen LogP contribution in [0.1, 0.15) is 11.7 Å². The van der Waals surface area contributed by atoms with Gasteiger partial charge in [-0.1, -0.05) is 36.4 Å². The van der Waals surface area contributed by atoms with Crippen LogP contribution >= 0.6 is 0 Å². The Morgan fingerprint density at radius 1 is 0.821 bits per heavy atom. The zero-order valence-corrected chi connectivity index (χ0v) is 15.9. The molecule has 5 heteroatoms. The van der Waals surface area contributed by atoms with Gasteiger partial charge in [0.25, 0.3) is 0 Å². The summed E-state index contributed by atoms with van der Waals surface area (Å²) >= 11 is 0. The third-order valence-electron chi connectivity index (χ3n) is 5.47. The number of para-hydroxylation sites is 1. The van der Waals surface area contributed by atoms with Crippen molar-refractivity contribution in [1.29, 1.82) is 0 Å². The fourth-order valence-electron chi connectivity index (χ4n) is 4.03. The van der Waals surface area contributed by atoms with Crippen LogP contribution in [0.15, 0.2) is 79.1 Å². The first-order chi connectivity index (χ1) is 13.7. The molecule has 1 aliphatic rings. The van der Waals surface area contributed by atoms with Gasteiger partial charge in [-0.25, -0.2) is 4.39 Å². The van der Waals surface area contributed by atoms with Crippen molar-refractivity contribution in [3.63, 3.8) is 0 Å². The van der Waals surface area contributed by atoms with Crippen LogP contribution in [0.3, 0.4) is 0 Å². The van der Waals surface area contributed by atoms with Crippen LogP contribution in [-0.2, 0) is 6.42 Å². The van der Waals surface area contributed by atoms with Gasteiger partial charge in [0.15, 0.2) is 0 Å². The highest BCUT2D eigenvalue weighted by Gasteiger charge is 2.30. The predicted molar refractivity (Wildman–Crippen MR) is 110 cm³/mol. The van der Waals surface area contributed by atoms with Gasteiger partial charge >= 0.3 is 0 Å². The van der Waals surface area contributed by atoms with Crippen molar-refractivity contribution in [1.82, 2.24) is 9.47 Å². The first-order valence-corrected chi connectivity index (χ1v) is 9.80. The summed E-state index contributed by atoms with van der Waals surface area (Å²) in [7, 11) is 0. The topological polar surface area (TPSA) is 31.6 Å². The molecule has 1 fully saturated rings. The van der Waals surface area contributed by atoms with Gasteiger partial charge in [-0.05, 0) is 35.9 Å². The molecule has 3 aromatic rings. The highest BCUT2D eigenvalue weighted by Crippen LogP contribution is 2.25. The zero-order chi connectivity index (χ0) is 19.3. The van der Waals surface area contributed by atoms with Crippen molar-refractivity contribution < 1.29 is 9.50 Å². The van der Waals surface area contributed by atoms with Gasteiger partial charge in [0, 0.05) is 50.7 Å². The molecular formula is C23H26FN3O. The van der Waals surface area contributed by atoms with Gasteiger partial charge in [0.05, 0.1) is 6.10 Å². The highest BCUT2D eigenvalue weighted by molar-refractivity contribution is 5.46. The number of anilines is 1. The van der Waals surface area contributed by atoms with Crippen LogP contribution < -0.4 is 4.90 Å². The minimum atomic E-state index is -0.701. The SMILES string of the molecule is OC(Cc1ccccc1F)C(N1CCN(c2ccccc2)CC1)n1cccc1. The van der Waals surface area contributed by atoms with Crippen molar-refractivity contribution in [2.75, 3.05) is 31.1 Å². The van der Waals surface area contributed by atoms with Crippen LogP contribution in [0.4, 0.5) is 10.1 Å². The maximum absolute atomic E-state index is 14.1. The minimum Gasteiger partial charge on any atom is -0.389 e. The molecule has 2 aromatic carbocycles. The molecule has 28 heavy (non-hydrogen) atoms. The van der Waals surface area contributed by atoms with Gasteiger partial charge in [0.1, 0.15) is 12.0 Å². The van der Waals surface area contributed by atoms with E-state index in [2.05, 4.69) is 34.1 Å². The number of halogens is 1. The van der Waals surface area contributed by atoms with E-state index in [4.69, 9.17) is 0 Å². The number of piperazine rings is 1. The van der Waals surface area contributed by atoms with Crippen molar-refractivity contribution in [2.24, 2.45) is 0 Å². The van der Waals surface area contributed by atoms with Gasteiger partial charge in [0.2, 0.25) is 0 Å². The molecule has 0 aliphatic carbocycles. The first kappa shape index (κ1) is 18.7. The number of aliphatic hydroxyl groups is 1. The van der Waals surface area contributed by atoms with Crippen LogP contribution in [0.2, 0.25) is 0 Å². The van der Waals surface area contributed by atoms with Crippen molar-refractivity contribution in [3.05, 3.63) is 90.5 Å². The second-order valence-electron chi connectivity index (χ2n) is 7.27. The van der Waals surface area contributed by atoms with E-state index in [0.717, 1.165) is 26.2 Å². The quantitative estimate of drug-likeness (QED) is 0.711. The second kappa shape index (κ2) is 8.59. The smallest absolute Gasteiger partial charge is 0.126 e. The van der Waals surface area contributed by atoms with Gasteiger partial charge in [-0.3, -0.25) is 4.90 Å². The fraction of sp³-hybridized carbons (Fsp3) is 0.304. The lowest BCUT2D eigenvalue weighted by Gasteiger charge is -2.42. The van der Waals surface area contributed by atoms with Crippen molar-refractivity contribution >= 4 is 5.69 Å². The molecule has 1 N–H and O–H groups in total. The summed E-state index contributed by atoms with van der Waals surface area (Å²) in [4.78, 5) is 4.66. The molecule has 2 heterocycles. The summed E-state index contributed by atoms with van der Waals surface area (Å²) < 4.78 is 16.1. The molecule has 146 valence electrons. The van der Waals surface area contributed by atoms with Crippen LogP contribution in [0, 0.1) is 5.82 Å². The molecule has 1 aromatic heterocycles. The van der Waals surface area contributed by atoms with E-state index in [-0.39, 0.29) is 18.4 Å². The van der Waals surface area contributed by atoms with Crippen molar-refractivity contribution in [3.8, 4) is 0 Å². The molecule has 4 rings (SSSR count). The third-order valence-corrected chi connectivity index (χ3v) is 5.47. The van der Waals surface area contributed by atoms with Gasteiger partial charge in [-0.2, -0.15) is 0 Å². The van der Waals surface area contributed by atoms with E-state index in [1.54, 1.807) is 12.1 Å². The van der Waals surface area contributed by atoms with Crippen molar-refractivity contribution in [2.45, 2.75) is 18.7 Å². The summed E-state index contributed by atoms with van der Waals surface area (Å²) in [5, 5.41) is 11.1. The summed E-state index contributed by atoms with van der Waals surface area (Å²) in [6.07, 6.45) is 3.31. The normalized spacial score (nSPS) is 17.4. The second-order valence-corrected chi connectivity index (χ2v) is 7.27. The summed E-state index contributed by atoms with van der Waals surface area (Å²) in [6.45, 7) is 3.47. The summed E-state index contributed by atoms with van der Waals surface area (Å²) in [6, 6.07) is 21.0. The molecule has 0 spiro atoms. The average molecular weight is 379 g/mol. The molecule has 0 amide bonds. The largest absolute Gasteiger partial charge is 0.389 e. The van der Waals surface area contributed by atoms with Crippen LogP contribution in [-0.4, -0.2) is 46.9 Å². The molecule has 2 unspecified atom stereocenters. The molecule has 0 saturated carbocycles. The predicted octanol–water partition coefficient (Wildman–Crippen LogP) is 3.55. The van der Waals surface area contributed by atoms with E-state index in [9.17, 15) is 9.50 Å². The van der Waals surface area contributed by atoms with Gasteiger partial charge < -0.3 is 14.6 Å². The van der Waals surface area contributed by atoms with Crippen LogP contribution in [0.25, 0.3) is 0 Å². The van der Waals surface area contributed by atoms with Crippen LogP contribution in [0.5, 0.6) is 0 Å². The van der Waals surface area contributed by atoms with E-state index in [0.29, 0.717) is 5.56 Å². The fourth-order valence-corrected chi connectivity index (χ4v) is 4.03. The Hall–Kier alpha value is -2.63. The lowest BCUT2D eigenvalue weighted by molar-refractivity contribution is 0.00412. The lowest BCUT2D eigenvalue weighted by Crippen LogP contribution is -2.51. The number of hydrogen-bond donors (Lipinski definition) is 1. The van der Waals surface area contributed by atoms with E-state index < -0.39 is 6.10 Å². The Kier molecular flexibility index (Phi) is 5.74. The molecule has 1 saturated heterocycles. The number of aromatic nitrogens is 1. The Morgan fingerprint density at radius 3 is 2.14 bits per heavy atom. The number of benzene rings is 2. The maximum atomic E-state index is 14.1. The van der Waals surface area contributed by atoms with E-state index in [1.807, 2.05) is 41.2 Å². The average Bonchev–Trinajstić information content (AvgIpc) is 3.25. The molecule has 2 atom stereocenters. The van der Waals surface area contributed by atoms with E-state index >= 15 is 0 Å². The number of aliphatic hydroxyl groups excluding tert-OH is 1. The molecular weight excluding hydrogens is 353 g/mol. The Bertz CT molecular complexity index is 861. The third kappa shape index (κ3) is 4.11. The zero-order valence-electron chi connectivity index (χ0n) is 15.9. The minimum absolute atomic E-state index is 0.215. The Morgan fingerprint density at radius 2 is 1.46 bits per heavy atom. The maximum Gasteiger partial charge on any atom is 0.126 e. The lowest BCUT2D eigenvalue weighted by atomic mass is 10.0. The first-order valence-electron chi connectivity index (χ1n) is 9.80. The molecule has 0 bridgehead atoms. The summed E-state index contributed by atoms with van der Waals surface area (Å²) in [5.41, 5.74) is 1.78. The number of hydrogen-bond acceptors (Lipinski definition) is 3. The summed E-state index contributed by atoms with van der Waals surface area (Å²) in [5.74, 6) is -0.262. The number of rotatable bonds is 6. The van der Waals surface area contributed by atoms with E-state index in [1.165, 1.54) is 11.8 Å².